The third kappa shape index (κ3) is 28.3. The standard InChI is InChI=1S/C8H10.C7H6Cl2.C7H7Cl.C7H6F2.C7H7F.C6H5Cl2N.C6H6FN.C6H8N2.C6H7N/c1-7-5-3-4-6-8(7)2;1-5-6(8)3-2-4-7(5)9;1-6-4-2-3-5-7(6)8;1-5-6(8)3-2-4-7(5)9;1-6-4-2-3-5-7(6)8;1-4-5(7)2-9-3-6(4)8;1-5-2-3-8-4-6(5)7;1-5-3-7-4-8-6(5)2;1-6-2-4-7-5-3-6/h3-6H,1-2H3;2-4H,1H3;2-5H,1H3;2-4H,1H3;2-5H,1H3;2-3H,1H3;2-4H,1H3;3-4H,1-2H3;2-5H,1H3. The molecule has 0 saturated carbocycles. The lowest BCUT2D eigenvalue weighted by Gasteiger charge is -1.96. The molecule has 5 nitrogen and oxygen atoms in total. The molecule has 0 N–H and O–H groups in total. The number of aromatic nitrogens is 5. The quantitative estimate of drug-likeness (QED) is 0.142. The molecule has 0 fully saturated rings. The van der Waals surface area contributed by atoms with Gasteiger partial charge in [-0.05, 0) is 181 Å². The second-order valence-electron chi connectivity index (χ2n) is 15.9. The minimum atomic E-state index is -0.491. The lowest BCUT2D eigenvalue weighted by Crippen LogP contribution is -1.85. The molecular formula is C60H62Cl5F4N5. The molecule has 0 amide bonds. The van der Waals surface area contributed by atoms with Crippen molar-refractivity contribution in [3.05, 3.63) is 287 Å². The van der Waals surface area contributed by atoms with Crippen molar-refractivity contribution in [3.63, 3.8) is 0 Å². The lowest BCUT2D eigenvalue weighted by molar-refractivity contribution is 0.568. The van der Waals surface area contributed by atoms with E-state index in [1.165, 1.54) is 54.1 Å². The van der Waals surface area contributed by atoms with Crippen LogP contribution in [-0.4, -0.2) is 24.9 Å². The molecule has 14 heteroatoms. The summed E-state index contributed by atoms with van der Waals surface area (Å²) in [5.41, 5.74) is 10.6. The van der Waals surface area contributed by atoms with Crippen molar-refractivity contribution >= 4 is 58.0 Å². The molecule has 0 spiro atoms. The minimum absolute atomic E-state index is 0.0810. The van der Waals surface area contributed by atoms with E-state index in [4.69, 9.17) is 58.0 Å². The van der Waals surface area contributed by atoms with Gasteiger partial charge in [0.25, 0.3) is 0 Å². The predicted molar refractivity (Wildman–Crippen MR) is 304 cm³/mol. The zero-order valence-corrected chi connectivity index (χ0v) is 47.2. The number of hydrogen-bond donors (Lipinski definition) is 0. The van der Waals surface area contributed by atoms with Gasteiger partial charge in [0.05, 0.1) is 16.2 Å². The van der Waals surface area contributed by atoms with E-state index in [0.717, 1.165) is 43.0 Å². The Bertz CT molecular complexity index is 2460. The molecule has 74 heavy (non-hydrogen) atoms. The summed E-state index contributed by atoms with van der Waals surface area (Å²) >= 11 is 28.5. The van der Waals surface area contributed by atoms with E-state index in [2.05, 4.69) is 63.0 Å². The van der Waals surface area contributed by atoms with Gasteiger partial charge >= 0.3 is 0 Å². The maximum Gasteiger partial charge on any atom is 0.144 e. The number of halogens is 9. The highest BCUT2D eigenvalue weighted by Crippen LogP contribution is 2.22. The molecule has 0 unspecified atom stereocenters. The zero-order chi connectivity index (χ0) is 55.6. The molecule has 390 valence electrons. The van der Waals surface area contributed by atoms with Crippen LogP contribution >= 0.6 is 58.0 Å². The zero-order valence-electron chi connectivity index (χ0n) is 43.4. The highest BCUT2D eigenvalue weighted by Gasteiger charge is 2.00. The summed E-state index contributed by atoms with van der Waals surface area (Å²) in [6.07, 6.45) is 12.9. The Balaban J connectivity index is 0.000000417. The van der Waals surface area contributed by atoms with Crippen molar-refractivity contribution in [2.45, 2.75) is 76.2 Å². The SMILES string of the molecule is Cc1c(Cl)cccc1Cl.Cc1c(Cl)cncc1Cl.Cc1c(F)cccc1F.Cc1ccccc1C.Cc1ccccc1Cl.Cc1ccccc1F.Cc1ccncc1.Cc1ccncc1F.Cc1cncnc1C. The Morgan fingerprint density at radius 2 is 0.716 bits per heavy atom. The van der Waals surface area contributed by atoms with E-state index in [9.17, 15) is 17.6 Å². The fourth-order valence-electron chi connectivity index (χ4n) is 4.73. The molecule has 0 aliphatic heterocycles. The average molecular weight is 1110 g/mol. The van der Waals surface area contributed by atoms with Crippen LogP contribution < -0.4 is 0 Å². The highest BCUT2D eigenvalue weighted by molar-refractivity contribution is 6.36. The molecule has 4 heterocycles. The number of hydrogen-bond acceptors (Lipinski definition) is 5. The smallest absolute Gasteiger partial charge is 0.144 e. The van der Waals surface area contributed by atoms with Crippen LogP contribution in [0.15, 0.2) is 177 Å². The monoisotopic (exact) mass is 1100 g/mol. The summed E-state index contributed by atoms with van der Waals surface area (Å²) in [4.78, 5) is 19.0. The van der Waals surface area contributed by atoms with E-state index in [1.54, 1.807) is 69.4 Å². The summed E-state index contributed by atoms with van der Waals surface area (Å²) in [7, 11) is 0. The van der Waals surface area contributed by atoms with Crippen LogP contribution in [0.3, 0.4) is 0 Å². The van der Waals surface area contributed by atoms with Crippen LogP contribution in [0.1, 0.15) is 61.3 Å². The minimum Gasteiger partial charge on any atom is -0.265 e. The van der Waals surface area contributed by atoms with Gasteiger partial charge in [0.2, 0.25) is 0 Å². The van der Waals surface area contributed by atoms with Crippen molar-refractivity contribution in [2.75, 3.05) is 0 Å². The summed E-state index contributed by atoms with van der Waals surface area (Å²) in [5, 5.41) is 3.52. The summed E-state index contributed by atoms with van der Waals surface area (Å²) < 4.78 is 49.3. The van der Waals surface area contributed by atoms with Gasteiger partial charge in [0.15, 0.2) is 0 Å². The number of pyridine rings is 3. The Morgan fingerprint density at radius 3 is 1.03 bits per heavy atom. The molecule has 0 aliphatic rings. The van der Waals surface area contributed by atoms with Crippen LogP contribution in [-0.2, 0) is 0 Å². The maximum absolute atomic E-state index is 12.3. The first-order chi connectivity index (χ1) is 35.1. The van der Waals surface area contributed by atoms with Crippen LogP contribution in [0.4, 0.5) is 17.6 Å². The predicted octanol–water partition coefficient (Wildman–Crippen LogP) is 19.4. The molecule has 0 saturated heterocycles. The largest absolute Gasteiger partial charge is 0.265 e. The second-order valence-corrected chi connectivity index (χ2v) is 18.0. The van der Waals surface area contributed by atoms with Gasteiger partial charge in [-0.25, -0.2) is 27.5 Å². The first kappa shape index (κ1) is 65.8. The van der Waals surface area contributed by atoms with Crippen LogP contribution in [0.25, 0.3) is 0 Å². The fraction of sp³-hybridized carbons (Fsp3) is 0.183. The molecule has 0 atom stereocenters. The Hall–Kier alpha value is -6.20. The first-order valence-corrected chi connectivity index (χ1v) is 24.6. The van der Waals surface area contributed by atoms with Crippen LogP contribution in [0.2, 0.25) is 25.1 Å². The van der Waals surface area contributed by atoms with Gasteiger partial charge in [-0.1, -0.05) is 131 Å². The van der Waals surface area contributed by atoms with Crippen molar-refractivity contribution in [1.82, 2.24) is 24.9 Å². The highest BCUT2D eigenvalue weighted by atomic mass is 35.5. The lowest BCUT2D eigenvalue weighted by atomic mass is 10.1. The Kier molecular flexibility index (Phi) is 33.4. The molecule has 0 aliphatic carbocycles. The van der Waals surface area contributed by atoms with Gasteiger partial charge in [0, 0.05) is 63.5 Å². The molecule has 9 rings (SSSR count). The van der Waals surface area contributed by atoms with Crippen LogP contribution in [0, 0.1) is 99.4 Å². The molecule has 4 aromatic heterocycles. The number of benzene rings is 5. The molecule has 5 aromatic carbocycles. The molecule has 0 bridgehead atoms. The van der Waals surface area contributed by atoms with E-state index < -0.39 is 11.6 Å². The molecular weight excluding hydrogens is 1040 g/mol. The van der Waals surface area contributed by atoms with Crippen molar-refractivity contribution < 1.29 is 17.6 Å². The van der Waals surface area contributed by atoms with Gasteiger partial charge < -0.3 is 0 Å². The van der Waals surface area contributed by atoms with Gasteiger partial charge in [-0.2, -0.15) is 0 Å². The Labute approximate surface area is 460 Å². The first-order valence-electron chi connectivity index (χ1n) is 22.7. The maximum atomic E-state index is 12.3. The summed E-state index contributed by atoms with van der Waals surface area (Å²) in [6, 6.07) is 37.7. The van der Waals surface area contributed by atoms with E-state index in [0.29, 0.717) is 21.2 Å². The summed E-state index contributed by atoms with van der Waals surface area (Å²) in [6.45, 7) is 20.8. The summed E-state index contributed by atoms with van der Waals surface area (Å²) in [5.74, 6) is -1.36. The molecule has 0 radical (unpaired) electrons. The van der Waals surface area contributed by atoms with Crippen molar-refractivity contribution in [1.29, 1.82) is 0 Å². The number of nitrogens with zero attached hydrogens (tertiary/aromatic N) is 5. The Morgan fingerprint density at radius 1 is 0.297 bits per heavy atom. The fourth-order valence-corrected chi connectivity index (χ4v) is 5.63. The normalized spacial score (nSPS) is 9.35. The topological polar surface area (TPSA) is 64.5 Å². The third-order valence-corrected chi connectivity index (χ3v) is 12.1. The number of aryl methyl sites for hydroxylation is 8. The average Bonchev–Trinajstić information content (AvgIpc) is 3.38. The van der Waals surface area contributed by atoms with E-state index in [-0.39, 0.29) is 17.2 Å². The second kappa shape index (κ2) is 37.5. The van der Waals surface area contributed by atoms with Crippen LogP contribution in [0.5, 0.6) is 0 Å². The number of rotatable bonds is 0. The van der Waals surface area contributed by atoms with Gasteiger partial charge in [-0.3, -0.25) is 15.0 Å². The third-order valence-electron chi connectivity index (χ3n) is 10.1. The molecule has 9 aromatic rings. The van der Waals surface area contributed by atoms with E-state index >= 15 is 0 Å². The van der Waals surface area contributed by atoms with Crippen molar-refractivity contribution in [3.8, 4) is 0 Å². The van der Waals surface area contributed by atoms with E-state index in [1.807, 2.05) is 108 Å². The van der Waals surface area contributed by atoms with Gasteiger partial charge in [-0.15, -0.1) is 0 Å². The van der Waals surface area contributed by atoms with Gasteiger partial charge in [0.1, 0.15) is 29.6 Å². The van der Waals surface area contributed by atoms with Crippen molar-refractivity contribution in [2.24, 2.45) is 0 Å².